The number of fused-ring (bicyclic) bond motifs is 1. The van der Waals surface area contributed by atoms with Gasteiger partial charge in [0.1, 0.15) is 0 Å². The first kappa shape index (κ1) is 15.5. The Hall–Kier alpha value is -0.440. The topological polar surface area (TPSA) is 57.7 Å². The van der Waals surface area contributed by atoms with Crippen LogP contribution < -0.4 is 0 Å². The van der Waals surface area contributed by atoms with Gasteiger partial charge in [-0.25, -0.2) is 8.42 Å². The van der Waals surface area contributed by atoms with E-state index in [9.17, 15) is 13.2 Å². The third-order valence-corrected chi connectivity index (χ3v) is 7.32. The van der Waals surface area contributed by atoms with E-state index in [1.165, 1.54) is 4.31 Å². The van der Waals surface area contributed by atoms with Gasteiger partial charge in [-0.15, -0.1) is 0 Å². The van der Waals surface area contributed by atoms with Crippen molar-refractivity contribution in [3.63, 3.8) is 0 Å². The summed E-state index contributed by atoms with van der Waals surface area (Å²) in [6.07, 6.45) is 1.27. The number of nitrogens with zero attached hydrogens (tertiary/aromatic N) is 2. The van der Waals surface area contributed by atoms with Crippen LogP contribution in [0.25, 0.3) is 0 Å². The van der Waals surface area contributed by atoms with Gasteiger partial charge in [0.2, 0.25) is 15.9 Å². The summed E-state index contributed by atoms with van der Waals surface area (Å²) >= 11 is 6.62. The molecule has 8 heteroatoms. The van der Waals surface area contributed by atoms with Crippen LogP contribution in [0.3, 0.4) is 0 Å². The number of carbonyl (C=O) groups is 1. The van der Waals surface area contributed by atoms with Crippen LogP contribution in [0.15, 0.2) is 32.0 Å². The third-order valence-electron chi connectivity index (χ3n) is 3.97. The fraction of sp³-hybridized carbons (Fsp3) is 0.462. The summed E-state index contributed by atoms with van der Waals surface area (Å²) in [5.41, 5.74) is 0. The van der Waals surface area contributed by atoms with Crippen LogP contribution in [0.1, 0.15) is 12.8 Å². The van der Waals surface area contributed by atoms with Crippen LogP contribution in [-0.2, 0) is 14.8 Å². The monoisotopic (exact) mass is 436 g/mol. The zero-order valence-corrected chi connectivity index (χ0v) is 15.1. The van der Waals surface area contributed by atoms with E-state index in [1.54, 1.807) is 18.2 Å². The predicted octanol–water partition coefficient (Wildman–Crippen LogP) is 2.21. The molecule has 2 heterocycles. The maximum Gasteiger partial charge on any atom is 0.244 e. The highest BCUT2D eigenvalue weighted by molar-refractivity contribution is 9.11. The lowest BCUT2D eigenvalue weighted by Crippen LogP contribution is -2.53. The van der Waals surface area contributed by atoms with Crippen molar-refractivity contribution in [2.75, 3.05) is 19.6 Å². The number of rotatable bonds is 2. The Morgan fingerprint density at radius 2 is 1.95 bits per heavy atom. The smallest absolute Gasteiger partial charge is 0.244 e. The molecule has 3 rings (SSSR count). The zero-order chi connectivity index (χ0) is 15.2. The summed E-state index contributed by atoms with van der Waals surface area (Å²) < 4.78 is 28.4. The van der Waals surface area contributed by atoms with Crippen molar-refractivity contribution in [3.05, 3.63) is 27.1 Å². The van der Waals surface area contributed by atoms with Crippen LogP contribution in [0.4, 0.5) is 0 Å². The largest absolute Gasteiger partial charge is 0.337 e. The van der Waals surface area contributed by atoms with Gasteiger partial charge < -0.3 is 4.90 Å². The van der Waals surface area contributed by atoms with Crippen LogP contribution in [0.2, 0.25) is 0 Å². The molecule has 0 saturated carbocycles. The summed E-state index contributed by atoms with van der Waals surface area (Å²) in [4.78, 5) is 13.7. The van der Waals surface area contributed by atoms with Crippen molar-refractivity contribution in [2.45, 2.75) is 23.8 Å². The van der Waals surface area contributed by atoms with Crippen molar-refractivity contribution in [3.8, 4) is 0 Å². The van der Waals surface area contributed by atoms with Gasteiger partial charge in [-0.05, 0) is 40.5 Å². The first-order valence-electron chi connectivity index (χ1n) is 6.64. The first-order chi connectivity index (χ1) is 9.89. The van der Waals surface area contributed by atoms with Gasteiger partial charge in [-0.2, -0.15) is 4.31 Å². The van der Waals surface area contributed by atoms with Crippen molar-refractivity contribution >= 4 is 47.8 Å². The molecule has 1 amide bonds. The van der Waals surface area contributed by atoms with Gasteiger partial charge in [0, 0.05) is 41.0 Å². The van der Waals surface area contributed by atoms with Gasteiger partial charge in [-0.3, -0.25) is 4.79 Å². The number of hydrogen-bond acceptors (Lipinski definition) is 3. The number of amides is 1. The number of carbonyl (C=O) groups excluding carboxylic acids is 1. The molecule has 0 spiro atoms. The molecule has 0 aliphatic carbocycles. The third kappa shape index (κ3) is 2.78. The minimum atomic E-state index is -3.55. The molecular weight excluding hydrogens is 424 g/mol. The van der Waals surface area contributed by atoms with Gasteiger partial charge in [0.25, 0.3) is 0 Å². The van der Waals surface area contributed by atoms with Crippen LogP contribution in [-0.4, -0.2) is 49.2 Å². The molecule has 1 atom stereocenters. The zero-order valence-electron chi connectivity index (χ0n) is 11.1. The minimum absolute atomic E-state index is 0.0203. The molecule has 2 fully saturated rings. The van der Waals surface area contributed by atoms with E-state index in [0.29, 0.717) is 30.5 Å². The van der Waals surface area contributed by atoms with E-state index in [0.717, 1.165) is 10.9 Å². The second-order valence-electron chi connectivity index (χ2n) is 5.22. The molecule has 2 aliphatic heterocycles. The number of piperazine rings is 1. The van der Waals surface area contributed by atoms with Crippen LogP contribution in [0, 0.1) is 0 Å². The van der Waals surface area contributed by atoms with Gasteiger partial charge in [0.15, 0.2) is 0 Å². The van der Waals surface area contributed by atoms with E-state index in [-0.39, 0.29) is 16.8 Å². The molecule has 21 heavy (non-hydrogen) atoms. The molecule has 0 bridgehead atoms. The van der Waals surface area contributed by atoms with Crippen molar-refractivity contribution in [1.29, 1.82) is 0 Å². The summed E-state index contributed by atoms with van der Waals surface area (Å²) in [6, 6.07) is 5.13. The van der Waals surface area contributed by atoms with E-state index in [1.807, 2.05) is 4.90 Å². The minimum Gasteiger partial charge on any atom is -0.337 e. The molecule has 2 saturated heterocycles. The lowest BCUT2D eigenvalue weighted by molar-refractivity contribution is -0.130. The Morgan fingerprint density at radius 3 is 2.71 bits per heavy atom. The molecule has 1 aromatic rings. The van der Waals surface area contributed by atoms with Gasteiger partial charge in [-0.1, -0.05) is 15.9 Å². The lowest BCUT2D eigenvalue weighted by atomic mass is 10.2. The number of sulfonamides is 1. The summed E-state index contributed by atoms with van der Waals surface area (Å²) in [5, 5.41) is 0. The molecular formula is C13H14Br2N2O3S. The average molecular weight is 438 g/mol. The Labute approximate surface area is 140 Å². The molecule has 2 aliphatic rings. The van der Waals surface area contributed by atoms with Crippen molar-refractivity contribution in [1.82, 2.24) is 9.21 Å². The molecule has 0 N–H and O–H groups in total. The molecule has 5 nitrogen and oxygen atoms in total. The predicted molar refractivity (Wildman–Crippen MR) is 85.3 cm³/mol. The van der Waals surface area contributed by atoms with E-state index in [4.69, 9.17) is 0 Å². The molecule has 0 radical (unpaired) electrons. The molecule has 114 valence electrons. The first-order valence-corrected chi connectivity index (χ1v) is 9.67. The average Bonchev–Trinajstić information content (AvgIpc) is 2.82. The summed E-state index contributed by atoms with van der Waals surface area (Å²) in [7, 11) is -3.55. The van der Waals surface area contributed by atoms with Gasteiger partial charge in [0.05, 0.1) is 4.90 Å². The maximum absolute atomic E-state index is 12.8. The Kier molecular flexibility index (Phi) is 4.15. The Morgan fingerprint density at radius 1 is 1.19 bits per heavy atom. The fourth-order valence-electron chi connectivity index (χ4n) is 2.87. The second kappa shape index (κ2) is 5.64. The maximum atomic E-state index is 12.8. The normalized spacial score (nSPS) is 23.4. The van der Waals surface area contributed by atoms with E-state index in [2.05, 4.69) is 31.9 Å². The van der Waals surface area contributed by atoms with Crippen LogP contribution in [0.5, 0.6) is 0 Å². The molecule has 0 aromatic heterocycles. The Balaban J connectivity index is 1.89. The number of hydrogen-bond donors (Lipinski definition) is 0. The van der Waals surface area contributed by atoms with Gasteiger partial charge >= 0.3 is 0 Å². The highest BCUT2D eigenvalue weighted by Crippen LogP contribution is 2.31. The quantitative estimate of drug-likeness (QED) is 0.712. The number of benzene rings is 1. The van der Waals surface area contributed by atoms with E-state index < -0.39 is 10.0 Å². The summed E-state index contributed by atoms with van der Waals surface area (Å²) in [6.45, 7) is 1.21. The van der Waals surface area contributed by atoms with Crippen molar-refractivity contribution in [2.24, 2.45) is 0 Å². The lowest BCUT2D eigenvalue weighted by Gasteiger charge is -2.36. The summed E-state index contributed by atoms with van der Waals surface area (Å²) in [5.74, 6) is 0.140. The van der Waals surface area contributed by atoms with E-state index >= 15 is 0 Å². The number of halogens is 2. The van der Waals surface area contributed by atoms with Crippen LogP contribution >= 0.6 is 31.9 Å². The molecule has 1 aromatic carbocycles. The Bertz CT molecular complexity index is 693. The highest BCUT2D eigenvalue weighted by atomic mass is 79.9. The second-order valence-corrected chi connectivity index (χ2v) is 8.89. The highest BCUT2D eigenvalue weighted by Gasteiger charge is 2.40. The van der Waals surface area contributed by atoms with Crippen molar-refractivity contribution < 1.29 is 13.2 Å². The SMILES string of the molecule is O=C1CCC2CN(S(=O)(=O)c3cc(Br)ccc3Br)CCN12. The fourth-order valence-corrected chi connectivity index (χ4v) is 5.80. The standard InChI is InChI=1S/C13H14Br2N2O3S/c14-9-1-3-11(15)12(7-9)21(19,20)16-5-6-17-10(8-16)2-4-13(17)18/h1,3,7,10H,2,4-6,8H2. The molecule has 1 unspecified atom stereocenters.